The van der Waals surface area contributed by atoms with E-state index in [4.69, 9.17) is 0 Å². The van der Waals surface area contributed by atoms with Crippen molar-refractivity contribution in [1.82, 2.24) is 4.31 Å². The predicted molar refractivity (Wildman–Crippen MR) is 89.3 cm³/mol. The van der Waals surface area contributed by atoms with Crippen molar-refractivity contribution >= 4 is 19.1 Å². The lowest BCUT2D eigenvalue weighted by Crippen LogP contribution is -2.30. The van der Waals surface area contributed by atoms with Gasteiger partial charge < -0.3 is 0 Å². The standard InChI is InChI=1S/C15H31NOSSi/c1-14(2,3)13-12(10-11-19(7,8)9)16(13)18(17)15(4,5)6/h10-13H,1-9H3/b11-10+. The second kappa shape index (κ2) is 5.12. The Kier molecular flexibility index (Phi) is 4.61. The van der Waals surface area contributed by atoms with Gasteiger partial charge in [-0.05, 0) is 26.2 Å². The van der Waals surface area contributed by atoms with Crippen molar-refractivity contribution in [2.45, 2.75) is 78.0 Å². The minimum atomic E-state index is -1.19. The molecule has 19 heavy (non-hydrogen) atoms. The molecular formula is C15H31NOSSi. The zero-order chi connectivity index (χ0) is 15.2. The molecule has 0 saturated carbocycles. The largest absolute Gasteiger partial charge is 0.242 e. The van der Waals surface area contributed by atoms with Gasteiger partial charge >= 0.3 is 0 Å². The minimum Gasteiger partial charge on any atom is -0.242 e. The zero-order valence-corrected chi connectivity index (χ0v) is 15.9. The van der Waals surface area contributed by atoms with Gasteiger partial charge in [0.05, 0.1) is 18.9 Å². The van der Waals surface area contributed by atoms with Gasteiger partial charge in [-0.15, -0.1) is 0 Å². The van der Waals surface area contributed by atoms with Gasteiger partial charge in [0.1, 0.15) is 11.0 Å². The van der Waals surface area contributed by atoms with Crippen molar-refractivity contribution in [3.8, 4) is 0 Å². The molecule has 0 aliphatic carbocycles. The van der Waals surface area contributed by atoms with Crippen molar-refractivity contribution in [3.05, 3.63) is 11.8 Å². The lowest BCUT2D eigenvalue weighted by molar-refractivity contribution is 0.373. The Bertz CT molecular complexity index is 384. The topological polar surface area (TPSA) is 20.1 Å². The average molecular weight is 302 g/mol. The second-order valence-electron chi connectivity index (χ2n) is 8.75. The third-order valence-corrected chi connectivity index (χ3v) is 6.29. The molecule has 0 spiro atoms. The van der Waals surface area contributed by atoms with Crippen LogP contribution in [0.2, 0.25) is 19.6 Å². The highest BCUT2D eigenvalue weighted by Crippen LogP contribution is 2.45. The summed E-state index contributed by atoms with van der Waals surface area (Å²) in [6, 6.07) is 0.756. The molecule has 1 rings (SSSR count). The Labute approximate surface area is 123 Å². The first-order valence-corrected chi connectivity index (χ1v) is 11.8. The van der Waals surface area contributed by atoms with E-state index in [1.807, 2.05) is 0 Å². The molecule has 0 bridgehead atoms. The fourth-order valence-electron chi connectivity index (χ4n) is 2.23. The van der Waals surface area contributed by atoms with Gasteiger partial charge in [-0.25, -0.2) is 8.51 Å². The van der Waals surface area contributed by atoms with Crippen molar-refractivity contribution in [2.24, 2.45) is 5.41 Å². The van der Waals surface area contributed by atoms with E-state index in [9.17, 15) is 4.21 Å². The summed E-state index contributed by atoms with van der Waals surface area (Å²) in [6.07, 6.45) is 2.31. The molecule has 1 saturated heterocycles. The Morgan fingerprint density at radius 2 is 1.53 bits per heavy atom. The number of hydrogen-bond donors (Lipinski definition) is 0. The van der Waals surface area contributed by atoms with Crippen LogP contribution < -0.4 is 0 Å². The van der Waals surface area contributed by atoms with Crippen LogP contribution in [0.5, 0.6) is 0 Å². The van der Waals surface area contributed by atoms with Gasteiger partial charge in [-0.3, -0.25) is 0 Å². The Morgan fingerprint density at radius 3 is 1.84 bits per heavy atom. The first-order valence-electron chi connectivity index (χ1n) is 7.15. The monoisotopic (exact) mass is 301 g/mol. The Morgan fingerprint density at radius 1 is 1.05 bits per heavy atom. The van der Waals surface area contributed by atoms with E-state index in [-0.39, 0.29) is 10.2 Å². The Balaban J connectivity index is 2.92. The first kappa shape index (κ1) is 17.1. The highest BCUT2D eigenvalue weighted by atomic mass is 32.2. The maximum Gasteiger partial charge on any atom is 0.101 e. The lowest BCUT2D eigenvalue weighted by atomic mass is 9.90. The second-order valence-corrected chi connectivity index (χ2v) is 16.0. The molecule has 0 amide bonds. The van der Waals surface area contributed by atoms with Gasteiger partial charge in [0, 0.05) is 6.04 Å². The van der Waals surface area contributed by atoms with Crippen LogP contribution in [0.3, 0.4) is 0 Å². The predicted octanol–water partition coefficient (Wildman–Crippen LogP) is 3.98. The molecule has 0 aromatic rings. The summed E-state index contributed by atoms with van der Waals surface area (Å²) in [4.78, 5) is 0. The molecule has 4 atom stereocenters. The third-order valence-electron chi connectivity index (χ3n) is 3.20. The molecule has 4 unspecified atom stereocenters. The maximum absolute atomic E-state index is 12.6. The van der Waals surface area contributed by atoms with E-state index in [0.29, 0.717) is 12.1 Å². The van der Waals surface area contributed by atoms with Gasteiger partial charge in [-0.2, -0.15) is 0 Å². The van der Waals surface area contributed by atoms with Crippen LogP contribution >= 0.6 is 0 Å². The molecule has 2 nitrogen and oxygen atoms in total. The summed E-state index contributed by atoms with van der Waals surface area (Å²) >= 11 is 0. The molecule has 1 aliphatic heterocycles. The fourth-order valence-corrected chi connectivity index (χ4v) is 4.64. The summed E-state index contributed by atoms with van der Waals surface area (Å²) in [5, 5.41) is 0. The van der Waals surface area contributed by atoms with Gasteiger partial charge in [-0.1, -0.05) is 52.2 Å². The van der Waals surface area contributed by atoms with Crippen LogP contribution in [-0.4, -0.2) is 33.4 Å². The number of nitrogens with zero attached hydrogens (tertiary/aromatic N) is 1. The highest BCUT2D eigenvalue weighted by Gasteiger charge is 2.57. The SMILES string of the molecule is CC(C)(C)C1C(/C=C/[Si](C)(C)C)N1S(=O)C(C)(C)C. The minimum absolute atomic E-state index is 0.175. The summed E-state index contributed by atoms with van der Waals surface area (Å²) in [5.41, 5.74) is 2.56. The third kappa shape index (κ3) is 4.54. The smallest absolute Gasteiger partial charge is 0.101 e. The van der Waals surface area contributed by atoms with E-state index in [0.717, 1.165) is 0 Å². The molecule has 0 aromatic carbocycles. The van der Waals surface area contributed by atoms with Crippen molar-refractivity contribution in [2.75, 3.05) is 0 Å². The van der Waals surface area contributed by atoms with Crippen LogP contribution in [-0.2, 0) is 11.0 Å². The molecule has 0 aromatic heterocycles. The first-order chi connectivity index (χ1) is 8.25. The molecule has 1 fully saturated rings. The normalized spacial score (nSPS) is 30.7. The van der Waals surface area contributed by atoms with Crippen molar-refractivity contribution in [1.29, 1.82) is 0 Å². The van der Waals surface area contributed by atoms with E-state index < -0.39 is 19.1 Å². The quantitative estimate of drug-likeness (QED) is 0.570. The van der Waals surface area contributed by atoms with Crippen LogP contribution in [0, 0.1) is 5.41 Å². The molecule has 0 N–H and O–H groups in total. The van der Waals surface area contributed by atoms with Gasteiger partial charge in [0.15, 0.2) is 0 Å². The van der Waals surface area contributed by atoms with Crippen LogP contribution in [0.25, 0.3) is 0 Å². The van der Waals surface area contributed by atoms with Crippen LogP contribution in [0.4, 0.5) is 0 Å². The molecule has 0 radical (unpaired) electrons. The summed E-state index contributed by atoms with van der Waals surface area (Å²) in [7, 11) is -2.10. The zero-order valence-electron chi connectivity index (χ0n) is 14.1. The Hall–Kier alpha value is 0.0669. The fraction of sp³-hybridized carbons (Fsp3) is 0.867. The highest BCUT2D eigenvalue weighted by molar-refractivity contribution is 7.84. The van der Waals surface area contributed by atoms with Gasteiger partial charge in [0.2, 0.25) is 0 Å². The molecule has 1 aliphatic rings. The maximum atomic E-state index is 12.6. The summed E-state index contributed by atoms with van der Waals surface area (Å²) in [5.74, 6) is 0. The van der Waals surface area contributed by atoms with E-state index >= 15 is 0 Å². The molecule has 1 heterocycles. The summed E-state index contributed by atoms with van der Waals surface area (Å²) < 4.78 is 14.6. The number of rotatable bonds is 3. The summed E-state index contributed by atoms with van der Waals surface area (Å²) in [6.45, 7) is 19.9. The van der Waals surface area contributed by atoms with Crippen molar-refractivity contribution < 1.29 is 4.21 Å². The molecule has 112 valence electrons. The van der Waals surface area contributed by atoms with E-state index in [1.54, 1.807) is 0 Å². The lowest BCUT2D eigenvalue weighted by Gasteiger charge is -2.22. The van der Waals surface area contributed by atoms with E-state index in [2.05, 4.69) is 77.3 Å². The molecule has 4 heteroatoms. The van der Waals surface area contributed by atoms with Gasteiger partial charge in [0.25, 0.3) is 0 Å². The van der Waals surface area contributed by atoms with Crippen LogP contribution in [0.1, 0.15) is 41.5 Å². The average Bonchev–Trinajstić information content (AvgIpc) is 2.84. The number of hydrogen-bond acceptors (Lipinski definition) is 1. The molecular weight excluding hydrogens is 270 g/mol. The van der Waals surface area contributed by atoms with E-state index in [1.165, 1.54) is 0 Å². The van der Waals surface area contributed by atoms with Crippen molar-refractivity contribution in [3.63, 3.8) is 0 Å². The van der Waals surface area contributed by atoms with Crippen LogP contribution in [0.15, 0.2) is 11.8 Å².